The molecular weight excluding hydrogens is 206 g/mol. The number of hydrogen-bond donors (Lipinski definition) is 0. The highest BCUT2D eigenvalue weighted by molar-refractivity contribution is 5.77. The fourth-order valence-corrected chi connectivity index (χ4v) is 1.86. The zero-order chi connectivity index (χ0) is 12.2. The fraction of sp³-hybridized carbons (Fsp3) is 0.917. The third kappa shape index (κ3) is 3.46. The summed E-state index contributed by atoms with van der Waals surface area (Å²) in [6, 6.07) is 0. The lowest BCUT2D eigenvalue weighted by atomic mass is 10.0. The Labute approximate surface area is 97.9 Å². The number of amides is 1. The summed E-state index contributed by atoms with van der Waals surface area (Å²) in [6.45, 7) is 10.5. The van der Waals surface area contributed by atoms with E-state index in [0.717, 1.165) is 0 Å². The number of carbonyl (C=O) groups excluding carboxylic acids is 1. The molecule has 0 aromatic heterocycles. The number of hydrogen-bond acceptors (Lipinski definition) is 3. The van der Waals surface area contributed by atoms with E-state index in [0.29, 0.717) is 32.8 Å². The van der Waals surface area contributed by atoms with E-state index < -0.39 is 0 Å². The second-order valence-electron chi connectivity index (χ2n) is 4.89. The van der Waals surface area contributed by atoms with Crippen molar-refractivity contribution in [1.82, 2.24) is 4.90 Å². The van der Waals surface area contributed by atoms with Gasteiger partial charge in [0.1, 0.15) is 0 Å². The third-order valence-corrected chi connectivity index (χ3v) is 2.86. The molecule has 0 unspecified atom stereocenters. The molecule has 4 heteroatoms. The molecule has 0 saturated carbocycles. The van der Waals surface area contributed by atoms with Crippen LogP contribution in [-0.4, -0.2) is 48.8 Å². The molecule has 0 bridgehead atoms. The highest BCUT2D eigenvalue weighted by atomic mass is 16.5. The molecule has 94 valence electrons. The molecular formula is C12H23NO3. The van der Waals surface area contributed by atoms with E-state index in [1.165, 1.54) is 0 Å². The molecule has 1 atom stereocenters. The third-order valence-electron chi connectivity index (χ3n) is 2.86. The maximum atomic E-state index is 12.0. The van der Waals surface area contributed by atoms with Crippen LogP contribution in [0.15, 0.2) is 0 Å². The van der Waals surface area contributed by atoms with E-state index in [-0.39, 0.29) is 17.6 Å². The van der Waals surface area contributed by atoms with Gasteiger partial charge >= 0.3 is 0 Å². The molecule has 1 aliphatic heterocycles. The lowest BCUT2D eigenvalue weighted by Crippen LogP contribution is -2.57. The zero-order valence-corrected chi connectivity index (χ0v) is 10.8. The second-order valence-corrected chi connectivity index (χ2v) is 4.89. The van der Waals surface area contributed by atoms with Gasteiger partial charge in [0.05, 0.1) is 31.3 Å². The number of nitrogens with zero attached hydrogens (tertiary/aromatic N) is 1. The van der Waals surface area contributed by atoms with E-state index in [9.17, 15) is 4.79 Å². The minimum Gasteiger partial charge on any atom is -0.381 e. The highest BCUT2D eigenvalue weighted by Crippen LogP contribution is 2.22. The molecule has 0 radical (unpaired) electrons. The van der Waals surface area contributed by atoms with E-state index in [1.54, 1.807) is 0 Å². The van der Waals surface area contributed by atoms with Gasteiger partial charge in [0.2, 0.25) is 5.91 Å². The standard InChI is InChI=1S/C12H23NO3/c1-5-15-7-6-11(14)13-8-10(2)16-9-12(13,3)4/h10H,5-9H2,1-4H3/t10-/m0/s1. The minimum atomic E-state index is -0.199. The Bertz CT molecular complexity index is 240. The average Bonchev–Trinajstić information content (AvgIpc) is 2.22. The maximum Gasteiger partial charge on any atom is 0.225 e. The van der Waals surface area contributed by atoms with Crippen LogP contribution < -0.4 is 0 Å². The molecule has 1 saturated heterocycles. The van der Waals surface area contributed by atoms with Crippen molar-refractivity contribution in [2.45, 2.75) is 45.8 Å². The van der Waals surface area contributed by atoms with Gasteiger partial charge in [-0.25, -0.2) is 0 Å². The van der Waals surface area contributed by atoms with E-state index in [4.69, 9.17) is 9.47 Å². The second kappa shape index (κ2) is 5.64. The van der Waals surface area contributed by atoms with Gasteiger partial charge in [0.15, 0.2) is 0 Å². The predicted molar refractivity (Wildman–Crippen MR) is 62.3 cm³/mol. The number of morpholine rings is 1. The molecule has 0 aromatic carbocycles. The van der Waals surface area contributed by atoms with Crippen LogP contribution in [0.4, 0.5) is 0 Å². The summed E-state index contributed by atoms with van der Waals surface area (Å²) < 4.78 is 10.8. The summed E-state index contributed by atoms with van der Waals surface area (Å²) in [6.07, 6.45) is 0.591. The summed E-state index contributed by atoms with van der Waals surface area (Å²) in [7, 11) is 0. The first kappa shape index (κ1) is 13.5. The summed E-state index contributed by atoms with van der Waals surface area (Å²) in [5, 5.41) is 0. The lowest BCUT2D eigenvalue weighted by molar-refractivity contribution is -0.153. The van der Waals surface area contributed by atoms with Crippen molar-refractivity contribution in [3.63, 3.8) is 0 Å². The van der Waals surface area contributed by atoms with Gasteiger partial charge in [-0.05, 0) is 27.7 Å². The molecule has 0 aliphatic carbocycles. The number of rotatable bonds is 4. The van der Waals surface area contributed by atoms with Gasteiger partial charge in [-0.1, -0.05) is 0 Å². The van der Waals surface area contributed by atoms with E-state index >= 15 is 0 Å². The molecule has 1 fully saturated rings. The van der Waals surface area contributed by atoms with Crippen LogP contribution in [-0.2, 0) is 14.3 Å². The molecule has 0 spiro atoms. The SMILES string of the molecule is CCOCCC(=O)N1C[C@H](C)OCC1(C)C. The Kier molecular flexibility index (Phi) is 4.74. The van der Waals surface area contributed by atoms with Gasteiger partial charge in [-0.2, -0.15) is 0 Å². The topological polar surface area (TPSA) is 38.8 Å². The van der Waals surface area contributed by atoms with E-state index in [1.807, 2.05) is 32.6 Å². The molecule has 1 rings (SSSR count). The summed E-state index contributed by atoms with van der Waals surface area (Å²) >= 11 is 0. The van der Waals surface area contributed by atoms with Crippen molar-refractivity contribution in [2.24, 2.45) is 0 Å². The zero-order valence-electron chi connectivity index (χ0n) is 10.8. The Morgan fingerprint density at radius 2 is 2.25 bits per heavy atom. The van der Waals surface area contributed by atoms with Gasteiger partial charge in [-0.3, -0.25) is 4.79 Å². The van der Waals surface area contributed by atoms with Crippen LogP contribution in [0, 0.1) is 0 Å². The first-order valence-electron chi connectivity index (χ1n) is 5.97. The highest BCUT2D eigenvalue weighted by Gasteiger charge is 2.36. The Hall–Kier alpha value is -0.610. The average molecular weight is 229 g/mol. The first-order valence-corrected chi connectivity index (χ1v) is 5.97. The summed E-state index contributed by atoms with van der Waals surface area (Å²) in [4.78, 5) is 13.9. The molecule has 1 aliphatic rings. The van der Waals surface area contributed by atoms with Crippen molar-refractivity contribution < 1.29 is 14.3 Å². The molecule has 16 heavy (non-hydrogen) atoms. The summed E-state index contributed by atoms with van der Waals surface area (Å²) in [5.41, 5.74) is -0.199. The number of carbonyl (C=O) groups is 1. The van der Waals surface area contributed by atoms with Crippen LogP contribution in [0.5, 0.6) is 0 Å². The van der Waals surface area contributed by atoms with Gasteiger partial charge < -0.3 is 14.4 Å². The van der Waals surface area contributed by atoms with Crippen LogP contribution in [0.2, 0.25) is 0 Å². The van der Waals surface area contributed by atoms with Crippen LogP contribution in [0.3, 0.4) is 0 Å². The summed E-state index contributed by atoms with van der Waals surface area (Å²) in [5.74, 6) is 0.161. The predicted octanol–water partition coefficient (Wildman–Crippen LogP) is 1.44. The Balaban J connectivity index is 2.51. The molecule has 1 heterocycles. The van der Waals surface area contributed by atoms with Crippen LogP contribution in [0.1, 0.15) is 34.1 Å². The maximum absolute atomic E-state index is 12.0. The monoisotopic (exact) mass is 229 g/mol. The van der Waals surface area contributed by atoms with Crippen molar-refractivity contribution in [2.75, 3.05) is 26.4 Å². The van der Waals surface area contributed by atoms with Crippen molar-refractivity contribution in [3.8, 4) is 0 Å². The van der Waals surface area contributed by atoms with Gasteiger partial charge in [-0.15, -0.1) is 0 Å². The minimum absolute atomic E-state index is 0.129. The quantitative estimate of drug-likeness (QED) is 0.685. The fourth-order valence-electron chi connectivity index (χ4n) is 1.86. The van der Waals surface area contributed by atoms with Crippen molar-refractivity contribution in [3.05, 3.63) is 0 Å². The van der Waals surface area contributed by atoms with E-state index in [2.05, 4.69) is 0 Å². The Morgan fingerprint density at radius 1 is 1.56 bits per heavy atom. The van der Waals surface area contributed by atoms with Crippen LogP contribution in [0.25, 0.3) is 0 Å². The number of ether oxygens (including phenoxy) is 2. The normalized spacial score (nSPS) is 24.5. The van der Waals surface area contributed by atoms with Crippen molar-refractivity contribution >= 4 is 5.91 Å². The Morgan fingerprint density at radius 3 is 2.88 bits per heavy atom. The molecule has 0 aromatic rings. The molecule has 0 N–H and O–H groups in total. The van der Waals surface area contributed by atoms with Gasteiger partial charge in [0, 0.05) is 13.2 Å². The smallest absolute Gasteiger partial charge is 0.225 e. The molecule has 4 nitrogen and oxygen atoms in total. The van der Waals surface area contributed by atoms with Crippen LogP contribution >= 0.6 is 0 Å². The molecule has 1 amide bonds. The first-order chi connectivity index (χ1) is 7.47. The van der Waals surface area contributed by atoms with Gasteiger partial charge in [0.25, 0.3) is 0 Å². The largest absolute Gasteiger partial charge is 0.381 e. The lowest BCUT2D eigenvalue weighted by Gasteiger charge is -2.44. The van der Waals surface area contributed by atoms with Crippen molar-refractivity contribution in [1.29, 1.82) is 0 Å².